The molecule has 0 saturated carbocycles. The fraction of sp³-hybridized carbons (Fsp3) is 0.429. The molecule has 1 fully saturated rings. The smallest absolute Gasteiger partial charge is 0.410 e. The molecular weight excluding hydrogens is 373 g/mol. The highest BCUT2D eigenvalue weighted by atomic mass is 127. The van der Waals surface area contributed by atoms with Gasteiger partial charge in [0.2, 0.25) is 0 Å². The first-order chi connectivity index (χ1) is 9.61. The predicted octanol–water partition coefficient (Wildman–Crippen LogP) is 2.37. The number of benzene rings is 1. The van der Waals surface area contributed by atoms with E-state index in [0.717, 1.165) is 5.56 Å². The minimum atomic E-state index is -0.537. The maximum absolute atomic E-state index is 12.1. The Kier molecular flexibility index (Phi) is 5.22. The van der Waals surface area contributed by atoms with Crippen LogP contribution in [0, 0.1) is 0 Å². The average molecular weight is 389 g/mol. The number of ether oxygens (including phenoxy) is 2. The second-order valence-electron chi connectivity index (χ2n) is 4.56. The van der Waals surface area contributed by atoms with Crippen molar-refractivity contribution in [2.45, 2.75) is 23.0 Å². The van der Waals surface area contributed by atoms with E-state index in [9.17, 15) is 9.59 Å². The third-order valence-corrected chi connectivity index (χ3v) is 4.07. The fourth-order valence-corrected chi connectivity index (χ4v) is 3.05. The molecule has 0 N–H and O–H groups in total. The van der Waals surface area contributed by atoms with Crippen LogP contribution in [-0.4, -0.2) is 40.6 Å². The first-order valence-corrected chi connectivity index (χ1v) is 7.55. The normalized spacial score (nSPS) is 21.6. The zero-order valence-corrected chi connectivity index (χ0v) is 13.3. The lowest BCUT2D eigenvalue weighted by Crippen LogP contribution is -2.41. The van der Waals surface area contributed by atoms with Crippen LogP contribution in [0.2, 0.25) is 0 Å². The molecule has 1 aromatic carbocycles. The second kappa shape index (κ2) is 6.92. The first kappa shape index (κ1) is 15.1. The third kappa shape index (κ3) is 3.62. The number of amides is 1. The monoisotopic (exact) mass is 389 g/mol. The molecule has 1 aliphatic rings. The molecule has 0 radical (unpaired) electrons. The van der Waals surface area contributed by atoms with Gasteiger partial charge in [-0.2, -0.15) is 0 Å². The van der Waals surface area contributed by atoms with Crippen LogP contribution in [0.1, 0.15) is 12.0 Å². The van der Waals surface area contributed by atoms with Crippen molar-refractivity contribution in [3.63, 3.8) is 0 Å². The molecule has 1 aromatic rings. The van der Waals surface area contributed by atoms with E-state index in [0.29, 0.717) is 13.0 Å². The zero-order valence-electron chi connectivity index (χ0n) is 11.1. The van der Waals surface area contributed by atoms with E-state index in [4.69, 9.17) is 9.47 Å². The van der Waals surface area contributed by atoms with Gasteiger partial charge in [-0.1, -0.05) is 52.9 Å². The van der Waals surface area contributed by atoms with Gasteiger partial charge in [0.25, 0.3) is 0 Å². The van der Waals surface area contributed by atoms with Gasteiger partial charge in [-0.25, -0.2) is 9.59 Å². The Balaban J connectivity index is 1.95. The molecule has 1 aliphatic heterocycles. The number of esters is 1. The van der Waals surface area contributed by atoms with Crippen molar-refractivity contribution in [3.8, 4) is 0 Å². The van der Waals surface area contributed by atoms with Gasteiger partial charge in [-0.05, 0) is 12.0 Å². The van der Waals surface area contributed by atoms with Crippen LogP contribution in [0.25, 0.3) is 0 Å². The van der Waals surface area contributed by atoms with Gasteiger partial charge in [-0.15, -0.1) is 0 Å². The van der Waals surface area contributed by atoms with E-state index < -0.39 is 12.1 Å². The summed E-state index contributed by atoms with van der Waals surface area (Å²) in [6.45, 7) is 0.712. The Morgan fingerprint density at radius 1 is 1.35 bits per heavy atom. The molecule has 0 aliphatic carbocycles. The maximum Gasteiger partial charge on any atom is 0.410 e. The van der Waals surface area contributed by atoms with Gasteiger partial charge in [0.05, 0.1) is 7.11 Å². The molecule has 2 atom stereocenters. The molecule has 108 valence electrons. The van der Waals surface area contributed by atoms with Crippen LogP contribution in [0.4, 0.5) is 4.79 Å². The summed E-state index contributed by atoms with van der Waals surface area (Å²) < 4.78 is 10.2. The molecule has 0 bridgehead atoms. The molecule has 1 heterocycles. The van der Waals surface area contributed by atoms with Crippen molar-refractivity contribution < 1.29 is 19.1 Å². The summed E-state index contributed by atoms with van der Waals surface area (Å²) in [6, 6.07) is 8.91. The fourth-order valence-electron chi connectivity index (χ4n) is 2.15. The minimum absolute atomic E-state index is 0.204. The molecule has 0 aromatic heterocycles. The Bertz CT molecular complexity index is 479. The van der Waals surface area contributed by atoms with Gasteiger partial charge in [0, 0.05) is 10.5 Å². The summed E-state index contributed by atoms with van der Waals surface area (Å²) in [6.07, 6.45) is 0.136. The molecule has 0 unspecified atom stereocenters. The summed E-state index contributed by atoms with van der Waals surface area (Å²) >= 11 is 2.23. The van der Waals surface area contributed by atoms with Crippen LogP contribution in [0.5, 0.6) is 0 Å². The lowest BCUT2D eigenvalue weighted by molar-refractivity contribution is -0.145. The highest BCUT2D eigenvalue weighted by molar-refractivity contribution is 14.1. The highest BCUT2D eigenvalue weighted by Crippen LogP contribution is 2.25. The van der Waals surface area contributed by atoms with Gasteiger partial charge in [0.15, 0.2) is 0 Å². The molecular formula is C14H16INO4. The lowest BCUT2D eigenvalue weighted by Gasteiger charge is -2.21. The average Bonchev–Trinajstić information content (AvgIpc) is 2.87. The first-order valence-electron chi connectivity index (χ1n) is 6.31. The van der Waals surface area contributed by atoms with Crippen LogP contribution in [0.15, 0.2) is 30.3 Å². The summed E-state index contributed by atoms with van der Waals surface area (Å²) in [5.41, 5.74) is 0.917. The second-order valence-corrected chi connectivity index (χ2v) is 6.33. The van der Waals surface area contributed by atoms with Crippen molar-refractivity contribution in [3.05, 3.63) is 35.9 Å². The van der Waals surface area contributed by atoms with E-state index in [2.05, 4.69) is 22.6 Å². The van der Waals surface area contributed by atoms with Crippen LogP contribution in [0.3, 0.4) is 0 Å². The largest absolute Gasteiger partial charge is 0.467 e. The summed E-state index contributed by atoms with van der Waals surface area (Å²) in [4.78, 5) is 25.2. The van der Waals surface area contributed by atoms with Crippen molar-refractivity contribution in [2.75, 3.05) is 13.7 Å². The minimum Gasteiger partial charge on any atom is -0.467 e. The van der Waals surface area contributed by atoms with Crippen LogP contribution >= 0.6 is 22.6 Å². The Labute approximate surface area is 131 Å². The number of nitrogens with zero attached hydrogens (tertiary/aromatic N) is 1. The molecule has 5 nitrogen and oxygen atoms in total. The van der Waals surface area contributed by atoms with Crippen molar-refractivity contribution in [1.82, 2.24) is 4.90 Å². The number of methoxy groups -OCH3 is 1. The van der Waals surface area contributed by atoms with Crippen molar-refractivity contribution >= 4 is 34.7 Å². The van der Waals surface area contributed by atoms with Gasteiger partial charge in [0.1, 0.15) is 12.6 Å². The number of halogens is 1. The van der Waals surface area contributed by atoms with Crippen molar-refractivity contribution in [2.24, 2.45) is 0 Å². The molecule has 1 amide bonds. The lowest BCUT2D eigenvalue weighted by atomic mass is 10.2. The number of likely N-dealkylation sites (tertiary alicyclic amines) is 1. The van der Waals surface area contributed by atoms with Gasteiger partial charge in [-0.3, -0.25) is 4.90 Å². The van der Waals surface area contributed by atoms with E-state index in [1.807, 2.05) is 30.3 Å². The number of carbonyl (C=O) groups excluding carboxylic acids is 2. The van der Waals surface area contributed by atoms with Gasteiger partial charge < -0.3 is 9.47 Å². The van der Waals surface area contributed by atoms with Crippen molar-refractivity contribution in [1.29, 1.82) is 0 Å². The third-order valence-electron chi connectivity index (χ3n) is 3.16. The number of rotatable bonds is 3. The topological polar surface area (TPSA) is 55.8 Å². The van der Waals surface area contributed by atoms with E-state index in [1.165, 1.54) is 12.0 Å². The molecule has 20 heavy (non-hydrogen) atoms. The van der Waals surface area contributed by atoms with Gasteiger partial charge >= 0.3 is 12.1 Å². The summed E-state index contributed by atoms with van der Waals surface area (Å²) in [5, 5.41) is 0. The number of carbonyl (C=O) groups is 2. The maximum atomic E-state index is 12.1. The Morgan fingerprint density at radius 2 is 2.05 bits per heavy atom. The standard InChI is InChI=1S/C14H16INO4/c1-19-13(17)12-7-11(15)8-16(12)14(18)20-9-10-5-3-2-4-6-10/h2-6,11-12H,7-9H2,1H3/t11-,12-/m0/s1. The number of alkyl halides is 1. The SMILES string of the molecule is COC(=O)[C@@H]1C[C@H](I)CN1C(=O)OCc1ccccc1. The van der Waals surface area contributed by atoms with E-state index >= 15 is 0 Å². The zero-order chi connectivity index (χ0) is 14.5. The Morgan fingerprint density at radius 3 is 2.70 bits per heavy atom. The van der Waals surface area contributed by atoms with Crippen LogP contribution in [-0.2, 0) is 20.9 Å². The molecule has 0 spiro atoms. The molecule has 2 rings (SSSR count). The predicted molar refractivity (Wildman–Crippen MR) is 81.6 cm³/mol. The number of hydrogen-bond donors (Lipinski definition) is 0. The highest BCUT2D eigenvalue weighted by Gasteiger charge is 2.40. The molecule has 1 saturated heterocycles. The van der Waals surface area contributed by atoms with E-state index in [1.54, 1.807) is 0 Å². The summed E-state index contributed by atoms with van der Waals surface area (Å²) in [5.74, 6) is -0.388. The van der Waals surface area contributed by atoms with Crippen LogP contribution < -0.4 is 0 Å². The molecule has 6 heteroatoms. The van der Waals surface area contributed by atoms with E-state index in [-0.39, 0.29) is 16.5 Å². The Hall–Kier alpha value is -1.31. The summed E-state index contributed by atoms with van der Waals surface area (Å²) in [7, 11) is 1.33. The number of hydrogen-bond acceptors (Lipinski definition) is 4. The quantitative estimate of drug-likeness (QED) is 0.453.